The normalized spacial score (nSPS) is 10.4. The number of carbonyl (C=O) groups excluding carboxylic acids is 1. The van der Waals surface area contributed by atoms with E-state index in [1.54, 1.807) is 18.7 Å². The Kier molecular flexibility index (Phi) is 4.12. The molecule has 100 valence electrons. The van der Waals surface area contributed by atoms with Crippen molar-refractivity contribution in [3.63, 3.8) is 0 Å². The van der Waals surface area contributed by atoms with E-state index in [4.69, 9.17) is 5.73 Å². The molecule has 0 spiro atoms. The van der Waals surface area contributed by atoms with Crippen molar-refractivity contribution in [1.82, 2.24) is 19.9 Å². The van der Waals surface area contributed by atoms with E-state index in [-0.39, 0.29) is 5.91 Å². The van der Waals surface area contributed by atoms with Gasteiger partial charge in [0.15, 0.2) is 0 Å². The van der Waals surface area contributed by atoms with Gasteiger partial charge in [0.2, 0.25) is 5.91 Å². The van der Waals surface area contributed by atoms with E-state index in [0.717, 1.165) is 11.3 Å². The highest BCUT2D eigenvalue weighted by Crippen LogP contribution is 2.23. The topological polar surface area (TPSA) is 85.8 Å². The third-order valence-corrected chi connectivity index (χ3v) is 2.78. The Hall–Kier alpha value is -2.37. The number of rotatable bonds is 5. The Morgan fingerprint density at radius 3 is 3.11 bits per heavy atom. The van der Waals surface area contributed by atoms with Gasteiger partial charge in [-0.05, 0) is 19.1 Å². The molecule has 0 atom stereocenters. The van der Waals surface area contributed by atoms with Crippen LogP contribution in [0.3, 0.4) is 0 Å². The van der Waals surface area contributed by atoms with Crippen LogP contribution < -0.4 is 11.1 Å². The van der Waals surface area contributed by atoms with Crippen molar-refractivity contribution < 1.29 is 4.79 Å². The standard InChI is InChI=1S/C13H17N5O/c1-2-16-12(19)5-7-18-9-15-8-11(18)10-4-3-6-17-13(10)14/h3-4,6,8-9H,2,5,7H2,1H3,(H2,14,17)(H,16,19). The number of imidazole rings is 1. The molecular formula is C13H17N5O. The first-order valence-corrected chi connectivity index (χ1v) is 6.20. The number of aryl methyl sites for hydroxylation is 1. The highest BCUT2D eigenvalue weighted by atomic mass is 16.1. The summed E-state index contributed by atoms with van der Waals surface area (Å²) in [4.78, 5) is 19.6. The fourth-order valence-corrected chi connectivity index (χ4v) is 1.86. The van der Waals surface area contributed by atoms with E-state index >= 15 is 0 Å². The molecule has 0 unspecified atom stereocenters. The molecule has 6 heteroatoms. The van der Waals surface area contributed by atoms with Gasteiger partial charge in [0.1, 0.15) is 5.82 Å². The maximum atomic E-state index is 11.5. The smallest absolute Gasteiger partial charge is 0.221 e. The number of anilines is 1. The molecule has 2 rings (SSSR count). The van der Waals surface area contributed by atoms with Crippen LogP contribution in [0.25, 0.3) is 11.3 Å². The predicted molar refractivity (Wildman–Crippen MR) is 73.2 cm³/mol. The van der Waals surface area contributed by atoms with Gasteiger partial charge < -0.3 is 15.6 Å². The molecule has 6 nitrogen and oxygen atoms in total. The van der Waals surface area contributed by atoms with Gasteiger partial charge in [-0.2, -0.15) is 0 Å². The largest absolute Gasteiger partial charge is 0.383 e. The van der Waals surface area contributed by atoms with Gasteiger partial charge in [0.25, 0.3) is 0 Å². The highest BCUT2D eigenvalue weighted by Gasteiger charge is 2.09. The zero-order valence-corrected chi connectivity index (χ0v) is 10.8. The van der Waals surface area contributed by atoms with Crippen LogP contribution in [0.2, 0.25) is 0 Å². The van der Waals surface area contributed by atoms with Crippen molar-refractivity contribution in [2.45, 2.75) is 19.9 Å². The Labute approximate surface area is 111 Å². The number of hydrogen-bond acceptors (Lipinski definition) is 4. The van der Waals surface area contributed by atoms with Crippen LogP contribution in [0.1, 0.15) is 13.3 Å². The van der Waals surface area contributed by atoms with E-state index in [0.29, 0.717) is 25.3 Å². The van der Waals surface area contributed by atoms with Gasteiger partial charge in [-0.3, -0.25) is 4.79 Å². The molecular weight excluding hydrogens is 242 g/mol. The maximum absolute atomic E-state index is 11.5. The van der Waals surface area contributed by atoms with Crippen molar-refractivity contribution >= 4 is 11.7 Å². The molecule has 0 fully saturated rings. The lowest BCUT2D eigenvalue weighted by Crippen LogP contribution is -2.23. The second-order valence-electron chi connectivity index (χ2n) is 4.11. The van der Waals surface area contributed by atoms with Crippen LogP contribution in [-0.2, 0) is 11.3 Å². The summed E-state index contributed by atoms with van der Waals surface area (Å²) in [6.45, 7) is 3.11. The summed E-state index contributed by atoms with van der Waals surface area (Å²) in [5, 5.41) is 2.77. The molecule has 0 aliphatic heterocycles. The van der Waals surface area contributed by atoms with Crippen LogP contribution in [0, 0.1) is 0 Å². The van der Waals surface area contributed by atoms with Gasteiger partial charge in [0.05, 0.1) is 18.2 Å². The molecule has 0 saturated heterocycles. The number of nitrogens with two attached hydrogens (primary N) is 1. The quantitative estimate of drug-likeness (QED) is 0.840. The van der Waals surface area contributed by atoms with Gasteiger partial charge >= 0.3 is 0 Å². The zero-order chi connectivity index (χ0) is 13.7. The van der Waals surface area contributed by atoms with Crippen LogP contribution >= 0.6 is 0 Å². The molecule has 0 aliphatic rings. The van der Waals surface area contributed by atoms with E-state index in [1.807, 2.05) is 23.6 Å². The fourth-order valence-electron chi connectivity index (χ4n) is 1.86. The van der Waals surface area contributed by atoms with Crippen molar-refractivity contribution in [3.05, 3.63) is 30.9 Å². The van der Waals surface area contributed by atoms with Gasteiger partial charge in [-0.1, -0.05) is 0 Å². The van der Waals surface area contributed by atoms with Crippen LogP contribution in [0.5, 0.6) is 0 Å². The van der Waals surface area contributed by atoms with Crippen molar-refractivity contribution in [3.8, 4) is 11.3 Å². The summed E-state index contributed by atoms with van der Waals surface area (Å²) < 4.78 is 1.91. The molecule has 2 aromatic rings. The summed E-state index contributed by atoms with van der Waals surface area (Å²) >= 11 is 0. The minimum absolute atomic E-state index is 0.0290. The van der Waals surface area contributed by atoms with E-state index in [9.17, 15) is 4.79 Å². The van der Waals surface area contributed by atoms with Gasteiger partial charge in [-0.25, -0.2) is 9.97 Å². The second-order valence-corrected chi connectivity index (χ2v) is 4.11. The molecule has 0 radical (unpaired) electrons. The van der Waals surface area contributed by atoms with Crippen molar-refractivity contribution in [2.75, 3.05) is 12.3 Å². The Morgan fingerprint density at radius 1 is 1.53 bits per heavy atom. The maximum Gasteiger partial charge on any atom is 0.221 e. The average Bonchev–Trinajstić information content (AvgIpc) is 2.85. The van der Waals surface area contributed by atoms with Crippen LogP contribution in [-0.4, -0.2) is 27.0 Å². The highest BCUT2D eigenvalue weighted by molar-refractivity contribution is 5.76. The summed E-state index contributed by atoms with van der Waals surface area (Å²) in [6, 6.07) is 3.72. The van der Waals surface area contributed by atoms with Crippen molar-refractivity contribution in [1.29, 1.82) is 0 Å². The van der Waals surface area contributed by atoms with Crippen LogP contribution in [0.15, 0.2) is 30.9 Å². The molecule has 3 N–H and O–H groups in total. The number of nitrogens with one attached hydrogen (secondary N) is 1. The Balaban J connectivity index is 2.14. The van der Waals surface area contributed by atoms with E-state index in [1.165, 1.54) is 0 Å². The fraction of sp³-hybridized carbons (Fsp3) is 0.308. The minimum Gasteiger partial charge on any atom is -0.383 e. The summed E-state index contributed by atoms with van der Waals surface area (Å²) in [7, 11) is 0. The average molecular weight is 259 g/mol. The molecule has 0 bridgehead atoms. The molecule has 0 saturated carbocycles. The summed E-state index contributed by atoms with van der Waals surface area (Å²) in [5.74, 6) is 0.489. The number of nitrogens with zero attached hydrogens (tertiary/aromatic N) is 3. The van der Waals surface area contributed by atoms with Crippen molar-refractivity contribution in [2.24, 2.45) is 0 Å². The zero-order valence-electron chi connectivity index (χ0n) is 10.8. The van der Waals surface area contributed by atoms with Gasteiger partial charge in [-0.15, -0.1) is 0 Å². The Bertz CT molecular complexity index is 564. The Morgan fingerprint density at radius 2 is 2.37 bits per heavy atom. The molecule has 0 aromatic carbocycles. The first kappa shape index (κ1) is 13.1. The number of hydrogen-bond donors (Lipinski definition) is 2. The first-order chi connectivity index (χ1) is 9.22. The number of nitrogen functional groups attached to an aromatic ring is 1. The van der Waals surface area contributed by atoms with E-state index < -0.39 is 0 Å². The molecule has 19 heavy (non-hydrogen) atoms. The number of pyridine rings is 1. The molecule has 2 heterocycles. The number of aromatic nitrogens is 3. The monoisotopic (exact) mass is 259 g/mol. The lowest BCUT2D eigenvalue weighted by Gasteiger charge is -2.09. The predicted octanol–water partition coefficient (Wildman–Crippen LogP) is 1.05. The number of carbonyl (C=O) groups is 1. The summed E-state index contributed by atoms with van der Waals surface area (Å²) in [5.41, 5.74) is 7.55. The lowest BCUT2D eigenvalue weighted by atomic mass is 10.2. The third-order valence-electron chi connectivity index (χ3n) is 2.78. The second kappa shape index (κ2) is 5.99. The van der Waals surface area contributed by atoms with Crippen LogP contribution in [0.4, 0.5) is 5.82 Å². The molecule has 1 amide bonds. The number of amides is 1. The van der Waals surface area contributed by atoms with Gasteiger partial charge in [0, 0.05) is 31.3 Å². The molecule has 0 aliphatic carbocycles. The van der Waals surface area contributed by atoms with E-state index in [2.05, 4.69) is 15.3 Å². The lowest BCUT2D eigenvalue weighted by molar-refractivity contribution is -0.121. The summed E-state index contributed by atoms with van der Waals surface area (Å²) in [6.07, 6.45) is 5.48. The molecule has 2 aromatic heterocycles. The first-order valence-electron chi connectivity index (χ1n) is 6.20. The minimum atomic E-state index is 0.0290. The third kappa shape index (κ3) is 3.09. The SMILES string of the molecule is CCNC(=O)CCn1cncc1-c1cccnc1N.